The summed E-state index contributed by atoms with van der Waals surface area (Å²) in [4.78, 5) is 12.1. The van der Waals surface area contributed by atoms with Gasteiger partial charge in [0.15, 0.2) is 0 Å². The van der Waals surface area contributed by atoms with Crippen LogP contribution in [0.4, 0.5) is 0 Å². The van der Waals surface area contributed by atoms with Crippen molar-refractivity contribution < 1.29 is 4.79 Å². The van der Waals surface area contributed by atoms with Gasteiger partial charge in [-0.05, 0) is 49.7 Å². The molecular weight excluding hydrogens is 346 g/mol. The van der Waals surface area contributed by atoms with Crippen LogP contribution in [0.15, 0.2) is 16.7 Å². The van der Waals surface area contributed by atoms with Crippen LogP contribution in [0, 0.1) is 13.8 Å². The fourth-order valence-electron chi connectivity index (χ4n) is 2.46. The summed E-state index contributed by atoms with van der Waals surface area (Å²) < 4.78 is 4.76. The van der Waals surface area contributed by atoms with Gasteiger partial charge in [-0.1, -0.05) is 0 Å². The molecule has 2 heterocycles. The average molecular weight is 368 g/mol. The van der Waals surface area contributed by atoms with E-state index in [1.54, 1.807) is 6.20 Å². The lowest BCUT2D eigenvalue weighted by molar-refractivity contribution is -0.122. The summed E-state index contributed by atoms with van der Waals surface area (Å²) in [5.41, 5.74) is 3.00. The molecule has 1 atom stereocenters. The number of nitrogens with one attached hydrogen (secondary N) is 1. The van der Waals surface area contributed by atoms with E-state index in [9.17, 15) is 4.79 Å². The first-order chi connectivity index (χ1) is 10.4. The molecule has 2 rings (SSSR count). The van der Waals surface area contributed by atoms with E-state index < -0.39 is 0 Å². The Kier molecular flexibility index (Phi) is 5.39. The molecule has 0 saturated heterocycles. The fourth-order valence-corrected chi connectivity index (χ4v) is 2.75. The number of aromatic nitrogens is 4. The van der Waals surface area contributed by atoms with Gasteiger partial charge >= 0.3 is 0 Å². The molecule has 0 radical (unpaired) electrons. The standard InChI is InChI=1S/C15H22BrN5O/c1-5-20-13(6-8-17-20)10(2)18-14(22)7-9-21-12(4)15(16)11(3)19-21/h6,8,10H,5,7,9H2,1-4H3,(H,18,22). The molecule has 0 fully saturated rings. The van der Waals surface area contributed by atoms with Crippen LogP contribution in [0.1, 0.15) is 43.4 Å². The van der Waals surface area contributed by atoms with Crippen LogP contribution < -0.4 is 5.32 Å². The van der Waals surface area contributed by atoms with Gasteiger partial charge in [0.2, 0.25) is 5.91 Å². The molecule has 1 amide bonds. The Balaban J connectivity index is 1.91. The van der Waals surface area contributed by atoms with Crippen LogP contribution in [-0.4, -0.2) is 25.5 Å². The molecule has 6 nitrogen and oxygen atoms in total. The normalized spacial score (nSPS) is 12.4. The third-order valence-electron chi connectivity index (χ3n) is 3.71. The molecule has 0 saturated carbocycles. The van der Waals surface area contributed by atoms with E-state index in [4.69, 9.17) is 0 Å². The van der Waals surface area contributed by atoms with Crippen LogP contribution >= 0.6 is 15.9 Å². The van der Waals surface area contributed by atoms with E-state index in [0.717, 1.165) is 28.1 Å². The Hall–Kier alpha value is -1.63. The van der Waals surface area contributed by atoms with Gasteiger partial charge in [0.25, 0.3) is 0 Å². The van der Waals surface area contributed by atoms with Crippen LogP contribution in [-0.2, 0) is 17.9 Å². The second-order valence-electron chi connectivity index (χ2n) is 5.32. The third kappa shape index (κ3) is 3.58. The lowest BCUT2D eigenvalue weighted by Crippen LogP contribution is -2.29. The zero-order valence-corrected chi connectivity index (χ0v) is 15.0. The van der Waals surface area contributed by atoms with Crippen molar-refractivity contribution in [2.24, 2.45) is 0 Å². The smallest absolute Gasteiger partial charge is 0.222 e. The van der Waals surface area contributed by atoms with Crippen LogP contribution in [0.3, 0.4) is 0 Å². The average Bonchev–Trinajstić information content (AvgIpc) is 3.06. The Morgan fingerprint density at radius 2 is 2.14 bits per heavy atom. The number of hydrogen-bond donors (Lipinski definition) is 1. The van der Waals surface area contributed by atoms with Gasteiger partial charge in [0.05, 0.1) is 28.4 Å². The number of rotatable bonds is 6. The maximum absolute atomic E-state index is 12.1. The maximum atomic E-state index is 12.1. The minimum Gasteiger partial charge on any atom is -0.348 e. The van der Waals surface area contributed by atoms with Crippen molar-refractivity contribution in [3.05, 3.63) is 33.8 Å². The highest BCUT2D eigenvalue weighted by atomic mass is 79.9. The maximum Gasteiger partial charge on any atom is 0.222 e. The molecule has 1 N–H and O–H groups in total. The van der Waals surface area contributed by atoms with Crippen molar-refractivity contribution in [1.82, 2.24) is 24.9 Å². The molecule has 2 aromatic heterocycles. The van der Waals surface area contributed by atoms with Crippen LogP contribution in [0.5, 0.6) is 0 Å². The van der Waals surface area contributed by atoms with Gasteiger partial charge in [-0.15, -0.1) is 0 Å². The molecule has 0 aliphatic rings. The molecule has 0 aliphatic carbocycles. The lowest BCUT2D eigenvalue weighted by Gasteiger charge is -2.15. The number of halogens is 1. The fraction of sp³-hybridized carbons (Fsp3) is 0.533. The minimum absolute atomic E-state index is 0.0139. The summed E-state index contributed by atoms with van der Waals surface area (Å²) in [6, 6.07) is 1.88. The zero-order valence-electron chi connectivity index (χ0n) is 13.4. The summed E-state index contributed by atoms with van der Waals surface area (Å²) in [7, 11) is 0. The molecule has 0 aliphatic heterocycles. The highest BCUT2D eigenvalue weighted by molar-refractivity contribution is 9.10. The van der Waals surface area contributed by atoms with Gasteiger partial charge in [-0.3, -0.25) is 14.2 Å². The minimum atomic E-state index is -0.0536. The second-order valence-corrected chi connectivity index (χ2v) is 6.11. The van der Waals surface area contributed by atoms with Crippen molar-refractivity contribution in [2.75, 3.05) is 0 Å². The summed E-state index contributed by atoms with van der Waals surface area (Å²) in [6.45, 7) is 9.31. The van der Waals surface area contributed by atoms with Gasteiger partial charge in [-0.25, -0.2) is 0 Å². The SMILES string of the molecule is CCn1nccc1C(C)NC(=O)CCn1nc(C)c(Br)c1C. The highest BCUT2D eigenvalue weighted by Crippen LogP contribution is 2.20. The van der Waals surface area contributed by atoms with Crippen molar-refractivity contribution >= 4 is 21.8 Å². The van der Waals surface area contributed by atoms with Crippen molar-refractivity contribution in [3.63, 3.8) is 0 Å². The van der Waals surface area contributed by atoms with E-state index in [1.807, 2.05) is 43.1 Å². The van der Waals surface area contributed by atoms with E-state index in [0.29, 0.717) is 13.0 Å². The predicted octanol–water partition coefficient (Wildman–Crippen LogP) is 2.75. The second kappa shape index (κ2) is 7.09. The molecule has 7 heteroatoms. The molecular formula is C15H22BrN5O. The van der Waals surface area contributed by atoms with Gasteiger partial charge in [-0.2, -0.15) is 10.2 Å². The Morgan fingerprint density at radius 1 is 1.41 bits per heavy atom. The summed E-state index contributed by atoms with van der Waals surface area (Å²) in [5.74, 6) is 0.0139. The van der Waals surface area contributed by atoms with Gasteiger partial charge < -0.3 is 5.32 Å². The highest BCUT2D eigenvalue weighted by Gasteiger charge is 2.14. The van der Waals surface area contributed by atoms with E-state index >= 15 is 0 Å². The predicted molar refractivity (Wildman–Crippen MR) is 88.5 cm³/mol. The number of hydrogen-bond acceptors (Lipinski definition) is 3. The monoisotopic (exact) mass is 367 g/mol. The van der Waals surface area contributed by atoms with E-state index in [-0.39, 0.29) is 11.9 Å². The summed E-state index contributed by atoms with van der Waals surface area (Å²) >= 11 is 3.50. The lowest BCUT2D eigenvalue weighted by atomic mass is 10.2. The first kappa shape index (κ1) is 16.7. The number of carbonyl (C=O) groups excluding carboxylic acids is 1. The number of aryl methyl sites for hydroxylation is 3. The molecule has 2 aromatic rings. The van der Waals surface area contributed by atoms with Crippen molar-refractivity contribution in [2.45, 2.75) is 53.2 Å². The Morgan fingerprint density at radius 3 is 2.73 bits per heavy atom. The third-order valence-corrected chi connectivity index (χ3v) is 4.86. The van der Waals surface area contributed by atoms with E-state index in [1.165, 1.54) is 0 Å². The van der Waals surface area contributed by atoms with Crippen molar-refractivity contribution in [3.8, 4) is 0 Å². The van der Waals surface area contributed by atoms with Crippen LogP contribution in [0.25, 0.3) is 0 Å². The van der Waals surface area contributed by atoms with Crippen LogP contribution in [0.2, 0.25) is 0 Å². The Labute approximate surface area is 139 Å². The number of nitrogens with zero attached hydrogens (tertiary/aromatic N) is 4. The molecule has 0 spiro atoms. The molecule has 1 unspecified atom stereocenters. The summed E-state index contributed by atoms with van der Waals surface area (Å²) in [6.07, 6.45) is 2.16. The summed E-state index contributed by atoms with van der Waals surface area (Å²) in [5, 5.41) is 11.7. The topological polar surface area (TPSA) is 64.7 Å². The first-order valence-electron chi connectivity index (χ1n) is 7.44. The molecule has 120 valence electrons. The largest absolute Gasteiger partial charge is 0.348 e. The van der Waals surface area contributed by atoms with Crippen molar-refractivity contribution in [1.29, 1.82) is 0 Å². The Bertz CT molecular complexity index is 661. The number of amides is 1. The quantitative estimate of drug-likeness (QED) is 0.853. The number of carbonyl (C=O) groups is 1. The van der Waals surface area contributed by atoms with Gasteiger partial charge in [0, 0.05) is 24.9 Å². The van der Waals surface area contributed by atoms with E-state index in [2.05, 4.69) is 31.4 Å². The molecule has 0 bridgehead atoms. The molecule has 0 aromatic carbocycles. The first-order valence-corrected chi connectivity index (χ1v) is 8.23. The molecule has 22 heavy (non-hydrogen) atoms. The zero-order chi connectivity index (χ0) is 16.3. The van der Waals surface area contributed by atoms with Gasteiger partial charge in [0.1, 0.15) is 0 Å².